The molecule has 6 heteroatoms. The minimum atomic E-state index is -0.377. The predicted octanol–water partition coefficient (Wildman–Crippen LogP) is 4.18. The Kier molecular flexibility index (Phi) is 5.11. The fraction of sp³-hybridized carbons (Fsp3) is 0.250. The molecule has 1 amide bonds. The van der Waals surface area contributed by atoms with E-state index in [2.05, 4.69) is 34.0 Å². The summed E-state index contributed by atoms with van der Waals surface area (Å²) in [5, 5.41) is 3.47. The van der Waals surface area contributed by atoms with E-state index in [9.17, 15) is 9.18 Å². The third-order valence-electron chi connectivity index (χ3n) is 4.24. The van der Waals surface area contributed by atoms with E-state index in [4.69, 9.17) is 0 Å². The molecule has 1 N–H and O–H groups in total. The Morgan fingerprint density at radius 1 is 1.15 bits per heavy atom. The molecule has 134 valence electrons. The minimum absolute atomic E-state index is 0.274. The molecular formula is C20H21FN4O. The first kappa shape index (κ1) is 17.8. The number of hydrogen-bond donors (Lipinski definition) is 1. The highest BCUT2D eigenvalue weighted by Gasteiger charge is 2.13. The van der Waals surface area contributed by atoms with Gasteiger partial charge in [0, 0.05) is 30.2 Å². The molecule has 2 aromatic heterocycles. The highest BCUT2D eigenvalue weighted by atomic mass is 19.1. The van der Waals surface area contributed by atoms with E-state index in [-0.39, 0.29) is 11.7 Å². The van der Waals surface area contributed by atoms with Crippen LogP contribution < -0.4 is 10.2 Å². The standard InChI is InChI=1S/C20H21FN4O/c1-4-25(5-2)19-9-7-15(12-22-19)24-20(26)17-10-13(3)23-18-11-14(21)6-8-16(17)18/h6-12H,4-5H2,1-3H3,(H,24,26). The Hall–Kier alpha value is -3.02. The van der Waals surface area contributed by atoms with Crippen molar-refractivity contribution < 1.29 is 9.18 Å². The Labute approximate surface area is 151 Å². The number of nitrogens with zero attached hydrogens (tertiary/aromatic N) is 3. The molecule has 0 fully saturated rings. The molecule has 0 saturated heterocycles. The van der Waals surface area contributed by atoms with Crippen LogP contribution in [0.4, 0.5) is 15.9 Å². The van der Waals surface area contributed by atoms with Crippen molar-refractivity contribution >= 4 is 28.3 Å². The Morgan fingerprint density at radius 3 is 2.58 bits per heavy atom. The highest BCUT2D eigenvalue weighted by Crippen LogP contribution is 2.21. The van der Waals surface area contributed by atoms with E-state index < -0.39 is 0 Å². The number of nitrogens with one attached hydrogen (secondary N) is 1. The molecule has 0 aliphatic heterocycles. The van der Waals surface area contributed by atoms with Crippen molar-refractivity contribution in [3.63, 3.8) is 0 Å². The summed E-state index contributed by atoms with van der Waals surface area (Å²) < 4.78 is 13.5. The van der Waals surface area contributed by atoms with E-state index in [0.29, 0.717) is 27.8 Å². The van der Waals surface area contributed by atoms with E-state index >= 15 is 0 Å². The van der Waals surface area contributed by atoms with Gasteiger partial charge in [-0.05, 0) is 51.1 Å². The molecule has 3 rings (SSSR count). The van der Waals surface area contributed by atoms with Crippen LogP contribution in [0.15, 0.2) is 42.6 Å². The molecule has 26 heavy (non-hydrogen) atoms. The number of carbonyl (C=O) groups is 1. The van der Waals surface area contributed by atoms with E-state index in [1.165, 1.54) is 12.1 Å². The number of aromatic nitrogens is 2. The predicted molar refractivity (Wildman–Crippen MR) is 102 cm³/mol. The maximum Gasteiger partial charge on any atom is 0.256 e. The van der Waals surface area contributed by atoms with Gasteiger partial charge in [0.2, 0.25) is 0 Å². The van der Waals surface area contributed by atoms with Crippen LogP contribution >= 0.6 is 0 Å². The quantitative estimate of drug-likeness (QED) is 0.748. The maximum atomic E-state index is 13.5. The number of amides is 1. The van der Waals surface area contributed by atoms with Crippen molar-refractivity contribution in [3.05, 3.63) is 59.7 Å². The van der Waals surface area contributed by atoms with Gasteiger partial charge in [-0.1, -0.05) is 0 Å². The molecule has 1 aromatic carbocycles. The second kappa shape index (κ2) is 7.47. The van der Waals surface area contributed by atoms with Crippen LogP contribution in [0.1, 0.15) is 29.9 Å². The average Bonchev–Trinajstić information content (AvgIpc) is 2.63. The first-order chi connectivity index (χ1) is 12.5. The van der Waals surface area contributed by atoms with Gasteiger partial charge in [0.1, 0.15) is 11.6 Å². The molecule has 0 aliphatic carbocycles. The molecule has 0 bridgehead atoms. The summed E-state index contributed by atoms with van der Waals surface area (Å²) in [6.07, 6.45) is 1.64. The average molecular weight is 352 g/mol. The fourth-order valence-electron chi connectivity index (χ4n) is 2.91. The summed E-state index contributed by atoms with van der Waals surface area (Å²) in [6.45, 7) is 7.66. The molecule has 2 heterocycles. The van der Waals surface area contributed by atoms with Crippen LogP contribution in [0.5, 0.6) is 0 Å². The van der Waals surface area contributed by atoms with Crippen molar-refractivity contribution in [2.24, 2.45) is 0 Å². The first-order valence-electron chi connectivity index (χ1n) is 8.61. The van der Waals surface area contributed by atoms with Gasteiger partial charge in [-0.2, -0.15) is 0 Å². The lowest BCUT2D eigenvalue weighted by Gasteiger charge is -2.19. The van der Waals surface area contributed by atoms with E-state index in [1.807, 2.05) is 12.1 Å². The first-order valence-corrected chi connectivity index (χ1v) is 8.61. The number of hydrogen-bond acceptors (Lipinski definition) is 4. The molecule has 0 aliphatic rings. The monoisotopic (exact) mass is 352 g/mol. The van der Waals surface area contributed by atoms with Gasteiger partial charge in [0.15, 0.2) is 0 Å². The Balaban J connectivity index is 1.87. The number of halogens is 1. The molecule has 3 aromatic rings. The minimum Gasteiger partial charge on any atom is -0.357 e. The van der Waals surface area contributed by atoms with Gasteiger partial charge in [0.25, 0.3) is 5.91 Å². The van der Waals surface area contributed by atoms with Crippen molar-refractivity contribution in [2.75, 3.05) is 23.3 Å². The summed E-state index contributed by atoms with van der Waals surface area (Å²) in [4.78, 5) is 23.6. The number of benzene rings is 1. The van der Waals surface area contributed by atoms with Gasteiger partial charge in [-0.15, -0.1) is 0 Å². The maximum absolute atomic E-state index is 13.5. The Morgan fingerprint density at radius 2 is 1.92 bits per heavy atom. The lowest BCUT2D eigenvalue weighted by atomic mass is 10.1. The van der Waals surface area contributed by atoms with Crippen LogP contribution in [-0.4, -0.2) is 29.0 Å². The normalized spacial score (nSPS) is 10.8. The van der Waals surface area contributed by atoms with Gasteiger partial charge >= 0.3 is 0 Å². The van der Waals surface area contributed by atoms with Gasteiger partial charge < -0.3 is 10.2 Å². The lowest BCUT2D eigenvalue weighted by Crippen LogP contribution is -2.23. The van der Waals surface area contributed by atoms with Gasteiger partial charge in [-0.25, -0.2) is 9.37 Å². The SMILES string of the molecule is CCN(CC)c1ccc(NC(=O)c2cc(C)nc3cc(F)ccc23)cn1. The zero-order chi connectivity index (χ0) is 18.7. The summed E-state index contributed by atoms with van der Waals surface area (Å²) >= 11 is 0. The third kappa shape index (κ3) is 3.64. The summed E-state index contributed by atoms with van der Waals surface area (Å²) in [5.41, 5.74) is 2.18. The van der Waals surface area contributed by atoms with Crippen LogP contribution in [0.25, 0.3) is 10.9 Å². The number of aryl methyl sites for hydroxylation is 1. The molecule has 0 spiro atoms. The number of fused-ring (bicyclic) bond motifs is 1. The molecule has 0 saturated carbocycles. The summed E-state index contributed by atoms with van der Waals surface area (Å²) in [6, 6.07) is 9.65. The number of anilines is 2. The topological polar surface area (TPSA) is 58.1 Å². The van der Waals surface area contributed by atoms with Crippen molar-refractivity contribution in [3.8, 4) is 0 Å². The molecular weight excluding hydrogens is 331 g/mol. The zero-order valence-corrected chi connectivity index (χ0v) is 15.1. The second-order valence-electron chi connectivity index (χ2n) is 6.00. The molecule has 0 radical (unpaired) electrons. The fourth-order valence-corrected chi connectivity index (χ4v) is 2.91. The van der Waals surface area contributed by atoms with Crippen LogP contribution in [-0.2, 0) is 0 Å². The van der Waals surface area contributed by atoms with Crippen molar-refractivity contribution in [1.82, 2.24) is 9.97 Å². The lowest BCUT2D eigenvalue weighted by molar-refractivity contribution is 0.102. The van der Waals surface area contributed by atoms with Gasteiger partial charge in [-0.3, -0.25) is 9.78 Å². The number of rotatable bonds is 5. The Bertz CT molecular complexity index is 931. The van der Waals surface area contributed by atoms with Crippen LogP contribution in [0.2, 0.25) is 0 Å². The highest BCUT2D eigenvalue weighted by molar-refractivity contribution is 6.12. The zero-order valence-electron chi connectivity index (χ0n) is 15.1. The van der Waals surface area contributed by atoms with Crippen molar-refractivity contribution in [1.29, 1.82) is 0 Å². The molecule has 0 unspecified atom stereocenters. The van der Waals surface area contributed by atoms with Crippen LogP contribution in [0, 0.1) is 12.7 Å². The summed E-state index contributed by atoms with van der Waals surface area (Å²) in [7, 11) is 0. The van der Waals surface area contributed by atoms with E-state index in [0.717, 1.165) is 18.9 Å². The third-order valence-corrected chi connectivity index (χ3v) is 4.24. The smallest absolute Gasteiger partial charge is 0.256 e. The second-order valence-corrected chi connectivity index (χ2v) is 6.00. The van der Waals surface area contributed by atoms with Gasteiger partial charge in [0.05, 0.1) is 23.0 Å². The summed E-state index contributed by atoms with van der Waals surface area (Å²) in [5.74, 6) is 0.219. The molecule has 5 nitrogen and oxygen atoms in total. The van der Waals surface area contributed by atoms with Crippen LogP contribution in [0.3, 0.4) is 0 Å². The number of carbonyl (C=O) groups excluding carboxylic acids is 1. The number of pyridine rings is 2. The van der Waals surface area contributed by atoms with Crippen molar-refractivity contribution in [2.45, 2.75) is 20.8 Å². The largest absolute Gasteiger partial charge is 0.357 e. The van der Waals surface area contributed by atoms with E-state index in [1.54, 1.807) is 25.3 Å². The molecule has 0 atom stereocenters.